The Kier molecular flexibility index (Phi) is 7.54. The van der Waals surface area contributed by atoms with Gasteiger partial charge in [-0.15, -0.1) is 12.4 Å². The Morgan fingerprint density at radius 1 is 1.30 bits per heavy atom. The van der Waals surface area contributed by atoms with Crippen LogP contribution < -0.4 is 10.6 Å². The molecule has 3 nitrogen and oxygen atoms in total. The summed E-state index contributed by atoms with van der Waals surface area (Å²) in [4.78, 5) is 11.7. The van der Waals surface area contributed by atoms with Crippen molar-refractivity contribution < 1.29 is 4.79 Å². The molecule has 0 aliphatic heterocycles. The first kappa shape index (κ1) is 18.7. The van der Waals surface area contributed by atoms with E-state index in [2.05, 4.69) is 43.2 Å². The lowest BCUT2D eigenvalue weighted by Gasteiger charge is -2.32. The maximum absolute atomic E-state index is 11.7. The predicted molar refractivity (Wildman–Crippen MR) is 86.9 cm³/mol. The highest BCUT2D eigenvalue weighted by Crippen LogP contribution is 2.20. The predicted octanol–water partition coefficient (Wildman–Crippen LogP) is 3.36. The molecule has 0 heterocycles. The zero-order valence-electron chi connectivity index (χ0n) is 12.7. The molecule has 1 rings (SSSR count). The van der Waals surface area contributed by atoms with Crippen molar-refractivity contribution in [2.45, 2.75) is 45.8 Å². The van der Waals surface area contributed by atoms with Crippen molar-refractivity contribution >= 4 is 18.3 Å². The van der Waals surface area contributed by atoms with Gasteiger partial charge in [0.2, 0.25) is 5.91 Å². The Morgan fingerprint density at radius 2 is 1.85 bits per heavy atom. The Bertz CT molecular complexity index is 443. The first-order valence-corrected chi connectivity index (χ1v) is 6.66. The SMILES string of the molecule is C=C(C)C(=O)NC(CC)NC(C)(C)c1ccccc1.Cl. The minimum Gasteiger partial charge on any atom is -0.337 e. The van der Waals surface area contributed by atoms with Gasteiger partial charge in [-0.05, 0) is 32.8 Å². The molecule has 0 bridgehead atoms. The van der Waals surface area contributed by atoms with Crippen LogP contribution in [0.15, 0.2) is 42.5 Å². The van der Waals surface area contributed by atoms with E-state index in [1.54, 1.807) is 6.92 Å². The molecular weight excluding hydrogens is 272 g/mol. The number of benzene rings is 1. The molecule has 1 atom stereocenters. The van der Waals surface area contributed by atoms with Crippen molar-refractivity contribution in [2.24, 2.45) is 0 Å². The molecule has 0 saturated heterocycles. The van der Waals surface area contributed by atoms with Crippen molar-refractivity contribution in [2.75, 3.05) is 0 Å². The third-order valence-corrected chi connectivity index (χ3v) is 3.13. The van der Waals surface area contributed by atoms with Crippen LogP contribution in [-0.2, 0) is 10.3 Å². The molecule has 112 valence electrons. The number of carbonyl (C=O) groups excluding carboxylic acids is 1. The van der Waals surface area contributed by atoms with Crippen LogP contribution in [0.3, 0.4) is 0 Å². The Balaban J connectivity index is 0.00000361. The van der Waals surface area contributed by atoms with Gasteiger partial charge in [-0.1, -0.05) is 43.8 Å². The minimum absolute atomic E-state index is 0. The summed E-state index contributed by atoms with van der Waals surface area (Å²) >= 11 is 0. The number of amides is 1. The lowest BCUT2D eigenvalue weighted by atomic mass is 9.94. The fraction of sp³-hybridized carbons (Fsp3) is 0.438. The van der Waals surface area contributed by atoms with Gasteiger partial charge < -0.3 is 5.32 Å². The molecule has 0 radical (unpaired) electrons. The van der Waals surface area contributed by atoms with Crippen molar-refractivity contribution in [3.8, 4) is 0 Å². The van der Waals surface area contributed by atoms with E-state index in [1.165, 1.54) is 5.56 Å². The molecule has 0 fully saturated rings. The number of rotatable bonds is 6. The molecule has 1 aromatic carbocycles. The summed E-state index contributed by atoms with van der Waals surface area (Å²) in [6.07, 6.45) is 0.745. The summed E-state index contributed by atoms with van der Waals surface area (Å²) in [6, 6.07) is 10.2. The van der Waals surface area contributed by atoms with Gasteiger partial charge in [-0.2, -0.15) is 0 Å². The van der Waals surface area contributed by atoms with Gasteiger partial charge in [0.1, 0.15) is 0 Å². The zero-order chi connectivity index (χ0) is 14.5. The average molecular weight is 297 g/mol. The molecule has 2 N–H and O–H groups in total. The Morgan fingerprint density at radius 3 is 2.30 bits per heavy atom. The van der Waals surface area contributed by atoms with Crippen LogP contribution in [0, 0.1) is 0 Å². The normalized spacial score (nSPS) is 12.2. The number of carbonyl (C=O) groups is 1. The molecule has 20 heavy (non-hydrogen) atoms. The number of hydrogen-bond donors (Lipinski definition) is 2. The van der Waals surface area contributed by atoms with Crippen LogP contribution in [0.2, 0.25) is 0 Å². The third kappa shape index (κ3) is 5.35. The van der Waals surface area contributed by atoms with E-state index in [9.17, 15) is 4.79 Å². The summed E-state index contributed by atoms with van der Waals surface area (Å²) in [7, 11) is 0. The van der Waals surface area contributed by atoms with Crippen molar-refractivity contribution in [3.05, 3.63) is 48.0 Å². The topological polar surface area (TPSA) is 41.1 Å². The molecule has 0 aliphatic carbocycles. The van der Waals surface area contributed by atoms with Crippen LogP contribution in [0.4, 0.5) is 0 Å². The maximum Gasteiger partial charge on any atom is 0.247 e. The van der Waals surface area contributed by atoms with Crippen LogP contribution >= 0.6 is 12.4 Å². The second-order valence-corrected chi connectivity index (χ2v) is 5.35. The maximum atomic E-state index is 11.7. The zero-order valence-corrected chi connectivity index (χ0v) is 13.5. The van der Waals surface area contributed by atoms with Gasteiger partial charge in [0.15, 0.2) is 0 Å². The number of hydrogen-bond acceptors (Lipinski definition) is 2. The van der Waals surface area contributed by atoms with Crippen molar-refractivity contribution in [3.63, 3.8) is 0 Å². The first-order chi connectivity index (χ1) is 8.86. The van der Waals surface area contributed by atoms with E-state index in [0.717, 1.165) is 6.42 Å². The van der Waals surface area contributed by atoms with Crippen LogP contribution in [0.5, 0.6) is 0 Å². The van der Waals surface area contributed by atoms with Crippen LogP contribution in [0.25, 0.3) is 0 Å². The fourth-order valence-electron chi connectivity index (χ4n) is 1.90. The second kappa shape index (κ2) is 8.08. The average Bonchev–Trinajstić information content (AvgIpc) is 2.38. The highest BCUT2D eigenvalue weighted by atomic mass is 35.5. The number of nitrogens with one attached hydrogen (secondary N) is 2. The van der Waals surface area contributed by atoms with Crippen molar-refractivity contribution in [1.29, 1.82) is 0 Å². The van der Waals surface area contributed by atoms with Gasteiger partial charge in [-0.25, -0.2) is 0 Å². The third-order valence-electron chi connectivity index (χ3n) is 3.13. The first-order valence-electron chi connectivity index (χ1n) is 6.66. The lowest BCUT2D eigenvalue weighted by molar-refractivity contribution is -0.118. The highest BCUT2D eigenvalue weighted by molar-refractivity contribution is 5.92. The van der Waals surface area contributed by atoms with Crippen LogP contribution in [-0.4, -0.2) is 12.1 Å². The van der Waals surface area contributed by atoms with Gasteiger partial charge in [0.25, 0.3) is 0 Å². The molecule has 1 aromatic rings. The fourth-order valence-corrected chi connectivity index (χ4v) is 1.90. The van der Waals surface area contributed by atoms with Crippen molar-refractivity contribution in [1.82, 2.24) is 10.6 Å². The summed E-state index contributed by atoms with van der Waals surface area (Å²) in [6.45, 7) is 11.6. The number of halogens is 1. The Hall–Kier alpha value is -1.32. The molecule has 0 aromatic heterocycles. The smallest absolute Gasteiger partial charge is 0.247 e. The molecule has 0 aliphatic rings. The summed E-state index contributed by atoms with van der Waals surface area (Å²) < 4.78 is 0. The molecule has 4 heteroatoms. The quantitative estimate of drug-likeness (QED) is 0.624. The van der Waals surface area contributed by atoms with E-state index >= 15 is 0 Å². The highest BCUT2D eigenvalue weighted by Gasteiger charge is 2.24. The van der Waals surface area contributed by atoms with E-state index in [0.29, 0.717) is 5.57 Å². The van der Waals surface area contributed by atoms with Gasteiger partial charge in [0, 0.05) is 11.1 Å². The van der Waals surface area contributed by atoms with E-state index in [-0.39, 0.29) is 30.0 Å². The molecule has 1 unspecified atom stereocenters. The molecule has 1 amide bonds. The minimum atomic E-state index is -0.204. The van der Waals surface area contributed by atoms with Gasteiger partial charge in [-0.3, -0.25) is 10.1 Å². The van der Waals surface area contributed by atoms with E-state index < -0.39 is 0 Å². The summed E-state index contributed by atoms with van der Waals surface area (Å²) in [5, 5.41) is 6.41. The molecule has 0 saturated carbocycles. The van der Waals surface area contributed by atoms with Gasteiger partial charge in [0.05, 0.1) is 6.17 Å². The molecular formula is C16H25ClN2O. The Labute approximate surface area is 128 Å². The second-order valence-electron chi connectivity index (χ2n) is 5.35. The van der Waals surface area contributed by atoms with Gasteiger partial charge >= 0.3 is 0 Å². The van der Waals surface area contributed by atoms with E-state index in [4.69, 9.17) is 0 Å². The standard InChI is InChI=1S/C16H24N2O.ClH/c1-6-14(17-15(19)12(2)3)18-16(4,5)13-10-8-7-9-11-13;/h7-11,14,18H,2,6H2,1,3-5H3,(H,17,19);1H. The van der Waals surface area contributed by atoms with Crippen LogP contribution in [0.1, 0.15) is 39.7 Å². The lowest BCUT2D eigenvalue weighted by Crippen LogP contribution is -2.52. The largest absolute Gasteiger partial charge is 0.337 e. The summed E-state index contributed by atoms with van der Waals surface area (Å²) in [5.41, 5.74) is 1.51. The molecule has 0 spiro atoms. The summed E-state index contributed by atoms with van der Waals surface area (Å²) in [5.74, 6) is -0.108. The monoisotopic (exact) mass is 296 g/mol. The van der Waals surface area contributed by atoms with E-state index in [1.807, 2.05) is 25.1 Å².